The molecular weight excluding hydrogens is 400 g/mol. The molecule has 1 atom stereocenters. The Bertz CT molecular complexity index is 898. The molecule has 2 amide bonds. The number of carbonyl (C=O) groups is 2. The van der Waals surface area contributed by atoms with Gasteiger partial charge in [0, 0.05) is 12.6 Å². The first kappa shape index (κ1) is 25.4. The maximum absolute atomic E-state index is 13.4. The Morgan fingerprint density at radius 1 is 1.03 bits per heavy atom. The minimum absolute atomic E-state index is 0.00258. The molecule has 2 rings (SSSR count). The predicted molar refractivity (Wildman–Crippen MR) is 130 cm³/mol. The smallest absolute Gasteiger partial charge is 0.261 e. The Labute approximate surface area is 193 Å². The number of hydrogen-bond donors (Lipinski definition) is 1. The molecule has 0 bridgehead atoms. The van der Waals surface area contributed by atoms with Crippen molar-refractivity contribution < 1.29 is 14.3 Å². The minimum atomic E-state index is -0.562. The van der Waals surface area contributed by atoms with E-state index in [4.69, 9.17) is 4.74 Å². The first-order valence-electron chi connectivity index (χ1n) is 11.4. The Kier molecular flexibility index (Phi) is 8.88. The van der Waals surface area contributed by atoms with Gasteiger partial charge in [-0.3, -0.25) is 9.59 Å². The van der Waals surface area contributed by atoms with E-state index in [1.54, 1.807) is 4.90 Å². The van der Waals surface area contributed by atoms with E-state index in [2.05, 4.69) is 26.1 Å². The summed E-state index contributed by atoms with van der Waals surface area (Å²) in [7, 11) is 0. The summed E-state index contributed by atoms with van der Waals surface area (Å²) in [6.07, 6.45) is 0.523. The molecule has 0 aliphatic heterocycles. The second-order valence-electron chi connectivity index (χ2n) is 9.63. The number of para-hydroxylation sites is 1. The summed E-state index contributed by atoms with van der Waals surface area (Å²) < 4.78 is 6.00. The maximum atomic E-state index is 13.4. The Balaban J connectivity index is 2.27. The van der Waals surface area contributed by atoms with Crippen molar-refractivity contribution in [3.63, 3.8) is 0 Å². The van der Waals surface area contributed by atoms with Crippen LogP contribution in [0.3, 0.4) is 0 Å². The van der Waals surface area contributed by atoms with Gasteiger partial charge in [0.1, 0.15) is 11.8 Å². The zero-order valence-corrected chi connectivity index (χ0v) is 20.6. The molecule has 2 aromatic rings. The van der Waals surface area contributed by atoms with Crippen LogP contribution < -0.4 is 10.1 Å². The highest BCUT2D eigenvalue weighted by molar-refractivity contribution is 5.88. The van der Waals surface area contributed by atoms with E-state index in [1.807, 2.05) is 76.2 Å². The first-order valence-corrected chi connectivity index (χ1v) is 11.4. The van der Waals surface area contributed by atoms with E-state index >= 15 is 0 Å². The molecule has 0 radical (unpaired) electrons. The highest BCUT2D eigenvalue weighted by Crippen LogP contribution is 2.31. The summed E-state index contributed by atoms with van der Waals surface area (Å²) in [5.74, 6) is 0.349. The second kappa shape index (κ2) is 11.2. The number of nitrogens with one attached hydrogen (secondary N) is 1. The fourth-order valence-electron chi connectivity index (χ4n) is 3.62. The van der Waals surface area contributed by atoms with Crippen molar-refractivity contribution in [2.24, 2.45) is 0 Å². The molecule has 0 heterocycles. The zero-order chi connectivity index (χ0) is 23.9. The van der Waals surface area contributed by atoms with Gasteiger partial charge in [-0.25, -0.2) is 0 Å². The highest BCUT2D eigenvalue weighted by atomic mass is 16.5. The number of rotatable bonds is 9. The number of aryl methyl sites for hydroxylation is 1. The third-order valence-electron chi connectivity index (χ3n) is 5.34. The van der Waals surface area contributed by atoms with E-state index in [0.717, 1.165) is 16.7 Å². The van der Waals surface area contributed by atoms with Crippen molar-refractivity contribution in [1.82, 2.24) is 10.2 Å². The van der Waals surface area contributed by atoms with Crippen molar-refractivity contribution in [3.05, 3.63) is 65.2 Å². The fourth-order valence-corrected chi connectivity index (χ4v) is 3.62. The van der Waals surface area contributed by atoms with Crippen LogP contribution in [0.1, 0.15) is 64.7 Å². The number of carbonyl (C=O) groups excluding carboxylic acids is 2. The van der Waals surface area contributed by atoms with Crippen LogP contribution in [0.4, 0.5) is 0 Å². The van der Waals surface area contributed by atoms with E-state index < -0.39 is 6.04 Å². The molecule has 0 spiro atoms. The summed E-state index contributed by atoms with van der Waals surface area (Å²) in [4.78, 5) is 27.9. The van der Waals surface area contributed by atoms with Gasteiger partial charge < -0.3 is 15.0 Å². The molecule has 5 heteroatoms. The number of amides is 2. The summed E-state index contributed by atoms with van der Waals surface area (Å²) >= 11 is 0. The third kappa shape index (κ3) is 7.11. The minimum Gasteiger partial charge on any atom is -0.483 e. The van der Waals surface area contributed by atoms with Crippen LogP contribution in [-0.2, 0) is 21.5 Å². The van der Waals surface area contributed by atoms with Gasteiger partial charge in [0.05, 0.1) is 0 Å². The van der Waals surface area contributed by atoms with Gasteiger partial charge in [0.25, 0.3) is 5.91 Å². The first-order chi connectivity index (χ1) is 15.0. The van der Waals surface area contributed by atoms with Crippen LogP contribution >= 0.6 is 0 Å². The molecule has 0 saturated carbocycles. The highest BCUT2D eigenvalue weighted by Gasteiger charge is 2.29. The molecule has 0 fully saturated rings. The normalized spacial score (nSPS) is 12.4. The van der Waals surface area contributed by atoms with Gasteiger partial charge in [-0.15, -0.1) is 0 Å². The lowest BCUT2D eigenvalue weighted by molar-refractivity contribution is -0.143. The van der Waals surface area contributed by atoms with Gasteiger partial charge in [-0.05, 0) is 49.8 Å². The molecule has 5 nitrogen and oxygen atoms in total. The van der Waals surface area contributed by atoms with Crippen LogP contribution in [-0.4, -0.2) is 35.4 Å². The molecule has 0 unspecified atom stereocenters. The molecule has 0 aromatic heterocycles. The van der Waals surface area contributed by atoms with Crippen LogP contribution in [0.25, 0.3) is 0 Å². The Hall–Kier alpha value is -2.82. The number of hydrogen-bond acceptors (Lipinski definition) is 3. The van der Waals surface area contributed by atoms with Gasteiger partial charge in [0.15, 0.2) is 6.61 Å². The topological polar surface area (TPSA) is 58.6 Å². The average Bonchev–Trinajstić information content (AvgIpc) is 2.72. The van der Waals surface area contributed by atoms with Crippen LogP contribution in [0, 0.1) is 6.92 Å². The van der Waals surface area contributed by atoms with Gasteiger partial charge in [0.2, 0.25) is 5.91 Å². The lowest BCUT2D eigenvalue weighted by atomic mass is 9.86. The fraction of sp³-hybridized carbons (Fsp3) is 0.481. The molecule has 1 N–H and O–H groups in total. The van der Waals surface area contributed by atoms with E-state index in [-0.39, 0.29) is 29.9 Å². The molecule has 0 aliphatic rings. The van der Waals surface area contributed by atoms with Crippen LogP contribution in [0.2, 0.25) is 0 Å². The largest absolute Gasteiger partial charge is 0.483 e. The number of benzene rings is 2. The van der Waals surface area contributed by atoms with Crippen molar-refractivity contribution in [2.75, 3.05) is 6.61 Å². The monoisotopic (exact) mass is 438 g/mol. The van der Waals surface area contributed by atoms with Gasteiger partial charge >= 0.3 is 0 Å². The Morgan fingerprint density at radius 2 is 1.66 bits per heavy atom. The van der Waals surface area contributed by atoms with Crippen molar-refractivity contribution in [3.8, 4) is 5.75 Å². The van der Waals surface area contributed by atoms with E-state index in [9.17, 15) is 9.59 Å². The molecule has 0 saturated heterocycles. The molecule has 174 valence electrons. The summed E-state index contributed by atoms with van der Waals surface area (Å²) in [6.45, 7) is 14.4. The number of nitrogens with zero attached hydrogens (tertiary/aromatic N) is 1. The molecule has 32 heavy (non-hydrogen) atoms. The maximum Gasteiger partial charge on any atom is 0.261 e. The lowest BCUT2D eigenvalue weighted by Crippen LogP contribution is -2.51. The molecular formula is C27H38N2O3. The summed E-state index contributed by atoms with van der Waals surface area (Å²) in [5, 5.41) is 2.95. The van der Waals surface area contributed by atoms with Crippen LogP contribution in [0.15, 0.2) is 48.5 Å². The quantitative estimate of drug-likeness (QED) is 0.599. The third-order valence-corrected chi connectivity index (χ3v) is 5.34. The van der Waals surface area contributed by atoms with Gasteiger partial charge in [-0.1, -0.05) is 75.7 Å². The van der Waals surface area contributed by atoms with E-state index in [0.29, 0.717) is 18.7 Å². The molecule has 2 aromatic carbocycles. The van der Waals surface area contributed by atoms with E-state index in [1.165, 1.54) is 0 Å². The Morgan fingerprint density at radius 3 is 2.22 bits per heavy atom. The number of ether oxygens (including phenoxy) is 1. The van der Waals surface area contributed by atoms with Gasteiger partial charge in [-0.2, -0.15) is 0 Å². The summed E-state index contributed by atoms with van der Waals surface area (Å²) in [6, 6.07) is 15.3. The average molecular weight is 439 g/mol. The standard InChI is InChI=1S/C27H38N2O3/c1-8-23(26(31)28-19(2)3)29(17-21-15-13-20(4)14-16-21)25(30)18-32-24-12-10-9-11-22(24)27(5,6)7/h9-16,19,23H,8,17-18H2,1-7H3,(H,28,31)/t23-/m0/s1. The predicted octanol–water partition coefficient (Wildman–Crippen LogP) is 5.00. The van der Waals surface area contributed by atoms with Crippen molar-refractivity contribution in [1.29, 1.82) is 0 Å². The second-order valence-corrected chi connectivity index (χ2v) is 9.63. The zero-order valence-electron chi connectivity index (χ0n) is 20.6. The lowest BCUT2D eigenvalue weighted by Gasteiger charge is -2.31. The van der Waals surface area contributed by atoms with Crippen molar-refractivity contribution >= 4 is 11.8 Å². The SMILES string of the molecule is CC[C@@H](C(=O)NC(C)C)N(Cc1ccc(C)cc1)C(=O)COc1ccccc1C(C)(C)C. The van der Waals surface area contributed by atoms with Crippen LogP contribution in [0.5, 0.6) is 5.75 Å². The summed E-state index contributed by atoms with van der Waals surface area (Å²) in [5.41, 5.74) is 3.07. The van der Waals surface area contributed by atoms with Crippen molar-refractivity contribution in [2.45, 2.75) is 78.9 Å². The molecule has 0 aliphatic carbocycles.